The molecule has 2 heteroatoms. The minimum atomic E-state index is 0.191. The van der Waals surface area contributed by atoms with Crippen molar-refractivity contribution in [2.75, 3.05) is 0 Å². The van der Waals surface area contributed by atoms with Gasteiger partial charge in [0.1, 0.15) is 0 Å². The molecule has 0 fully saturated rings. The SMILES string of the molecule is C/C=C\C(C)OCc1ccccc1I. The van der Waals surface area contributed by atoms with Gasteiger partial charge in [0, 0.05) is 3.57 Å². The second-order valence-corrected chi connectivity index (χ2v) is 4.30. The van der Waals surface area contributed by atoms with Crippen LogP contribution in [0.5, 0.6) is 0 Å². The minimum absolute atomic E-state index is 0.191. The zero-order valence-corrected chi connectivity index (χ0v) is 10.7. The van der Waals surface area contributed by atoms with E-state index in [1.807, 2.05) is 25.1 Å². The van der Waals surface area contributed by atoms with E-state index in [0.717, 1.165) is 0 Å². The minimum Gasteiger partial charge on any atom is -0.370 e. The molecule has 0 aliphatic heterocycles. The predicted octanol–water partition coefficient (Wildman–Crippen LogP) is 3.77. The van der Waals surface area contributed by atoms with Crippen molar-refractivity contribution in [3.8, 4) is 0 Å². The van der Waals surface area contributed by atoms with Crippen molar-refractivity contribution >= 4 is 22.6 Å². The molecule has 0 aliphatic rings. The van der Waals surface area contributed by atoms with Crippen LogP contribution in [-0.2, 0) is 11.3 Å². The van der Waals surface area contributed by atoms with Crippen LogP contribution in [-0.4, -0.2) is 6.10 Å². The Labute approximate surface area is 99.3 Å². The van der Waals surface area contributed by atoms with E-state index in [0.29, 0.717) is 6.61 Å². The van der Waals surface area contributed by atoms with Crippen LogP contribution in [0.25, 0.3) is 0 Å². The first-order valence-corrected chi connectivity index (χ1v) is 5.79. The van der Waals surface area contributed by atoms with Gasteiger partial charge in [-0.25, -0.2) is 0 Å². The summed E-state index contributed by atoms with van der Waals surface area (Å²) in [6.07, 6.45) is 4.26. The molecule has 0 saturated heterocycles. The molecule has 0 radical (unpaired) electrons. The monoisotopic (exact) mass is 302 g/mol. The maximum Gasteiger partial charge on any atom is 0.0735 e. The summed E-state index contributed by atoms with van der Waals surface area (Å²) in [6, 6.07) is 8.28. The highest BCUT2D eigenvalue weighted by atomic mass is 127. The summed E-state index contributed by atoms with van der Waals surface area (Å²) in [7, 11) is 0. The van der Waals surface area contributed by atoms with Gasteiger partial charge in [0.05, 0.1) is 12.7 Å². The highest BCUT2D eigenvalue weighted by Gasteiger charge is 2.00. The van der Waals surface area contributed by atoms with Gasteiger partial charge >= 0.3 is 0 Å². The summed E-state index contributed by atoms with van der Waals surface area (Å²) >= 11 is 2.33. The molecular formula is C12H15IO. The zero-order valence-electron chi connectivity index (χ0n) is 8.53. The average molecular weight is 302 g/mol. The lowest BCUT2D eigenvalue weighted by molar-refractivity contribution is 0.0836. The number of halogens is 1. The molecule has 1 nitrogen and oxygen atoms in total. The lowest BCUT2D eigenvalue weighted by atomic mass is 10.2. The number of rotatable bonds is 4. The smallest absolute Gasteiger partial charge is 0.0735 e. The van der Waals surface area contributed by atoms with Crippen molar-refractivity contribution in [3.63, 3.8) is 0 Å². The van der Waals surface area contributed by atoms with Gasteiger partial charge in [-0.05, 0) is 48.1 Å². The molecular weight excluding hydrogens is 287 g/mol. The molecule has 0 saturated carbocycles. The van der Waals surface area contributed by atoms with E-state index in [-0.39, 0.29) is 6.10 Å². The second-order valence-electron chi connectivity index (χ2n) is 3.13. The maximum atomic E-state index is 5.66. The van der Waals surface area contributed by atoms with Crippen molar-refractivity contribution < 1.29 is 4.74 Å². The highest BCUT2D eigenvalue weighted by molar-refractivity contribution is 14.1. The number of benzene rings is 1. The molecule has 1 rings (SSSR count). The Kier molecular flexibility index (Phi) is 5.19. The Bertz CT molecular complexity index is 307. The first kappa shape index (κ1) is 11.7. The van der Waals surface area contributed by atoms with Crippen LogP contribution in [0.15, 0.2) is 36.4 Å². The van der Waals surface area contributed by atoms with Crippen molar-refractivity contribution in [2.45, 2.75) is 26.6 Å². The van der Waals surface area contributed by atoms with E-state index in [9.17, 15) is 0 Å². The molecule has 0 spiro atoms. The Morgan fingerprint density at radius 3 is 2.79 bits per heavy atom. The van der Waals surface area contributed by atoms with Crippen molar-refractivity contribution in [1.82, 2.24) is 0 Å². The van der Waals surface area contributed by atoms with Crippen molar-refractivity contribution in [1.29, 1.82) is 0 Å². The summed E-state index contributed by atoms with van der Waals surface area (Å²) in [6.45, 7) is 4.74. The summed E-state index contributed by atoms with van der Waals surface area (Å²) in [5.74, 6) is 0. The fourth-order valence-electron chi connectivity index (χ4n) is 1.16. The van der Waals surface area contributed by atoms with Crippen LogP contribution in [0.4, 0.5) is 0 Å². The summed E-state index contributed by atoms with van der Waals surface area (Å²) in [5, 5.41) is 0. The quantitative estimate of drug-likeness (QED) is 0.607. The largest absolute Gasteiger partial charge is 0.370 e. The molecule has 0 aliphatic carbocycles. The zero-order chi connectivity index (χ0) is 10.4. The Balaban J connectivity index is 2.49. The molecule has 1 unspecified atom stereocenters. The van der Waals surface area contributed by atoms with Gasteiger partial charge in [0.15, 0.2) is 0 Å². The fourth-order valence-corrected chi connectivity index (χ4v) is 1.71. The maximum absolute atomic E-state index is 5.66. The lowest BCUT2D eigenvalue weighted by Gasteiger charge is -2.09. The molecule has 0 N–H and O–H groups in total. The second kappa shape index (κ2) is 6.19. The first-order valence-electron chi connectivity index (χ1n) is 4.72. The van der Waals surface area contributed by atoms with Gasteiger partial charge in [0.25, 0.3) is 0 Å². The van der Waals surface area contributed by atoms with Gasteiger partial charge in [-0.2, -0.15) is 0 Å². The summed E-state index contributed by atoms with van der Waals surface area (Å²) in [5.41, 5.74) is 1.25. The van der Waals surface area contributed by atoms with E-state index >= 15 is 0 Å². The van der Waals surface area contributed by atoms with Gasteiger partial charge in [0.2, 0.25) is 0 Å². The van der Waals surface area contributed by atoms with E-state index in [2.05, 4.69) is 47.7 Å². The number of hydrogen-bond acceptors (Lipinski definition) is 1. The molecule has 0 heterocycles. The molecule has 0 aromatic heterocycles. The average Bonchev–Trinajstić information content (AvgIpc) is 2.17. The Morgan fingerprint density at radius 1 is 1.43 bits per heavy atom. The van der Waals surface area contributed by atoms with Gasteiger partial charge < -0.3 is 4.74 Å². The number of allylic oxidation sites excluding steroid dienone is 1. The normalized spacial score (nSPS) is 13.4. The molecule has 1 aromatic carbocycles. The van der Waals surface area contributed by atoms with Gasteiger partial charge in [-0.3, -0.25) is 0 Å². The third-order valence-corrected chi connectivity index (χ3v) is 2.98. The Hall–Kier alpha value is -0.350. The summed E-state index contributed by atoms with van der Waals surface area (Å²) < 4.78 is 6.92. The molecule has 0 amide bonds. The molecule has 0 bridgehead atoms. The molecule has 76 valence electrons. The van der Waals surface area contributed by atoms with Crippen LogP contribution in [0.2, 0.25) is 0 Å². The van der Waals surface area contributed by atoms with Gasteiger partial charge in [-0.15, -0.1) is 0 Å². The van der Waals surface area contributed by atoms with Crippen LogP contribution >= 0.6 is 22.6 Å². The first-order chi connectivity index (χ1) is 6.74. The van der Waals surface area contributed by atoms with Crippen molar-refractivity contribution in [3.05, 3.63) is 45.6 Å². The standard InChI is InChI=1S/C12H15IO/c1-3-6-10(2)14-9-11-7-4-5-8-12(11)13/h3-8,10H,9H2,1-2H3/b6-3-. The van der Waals surface area contributed by atoms with E-state index < -0.39 is 0 Å². The van der Waals surface area contributed by atoms with E-state index in [1.165, 1.54) is 9.13 Å². The third-order valence-electron chi connectivity index (χ3n) is 1.92. The highest BCUT2D eigenvalue weighted by Crippen LogP contribution is 2.13. The number of ether oxygens (including phenoxy) is 1. The lowest BCUT2D eigenvalue weighted by Crippen LogP contribution is -2.05. The topological polar surface area (TPSA) is 9.23 Å². The predicted molar refractivity (Wildman–Crippen MR) is 68.2 cm³/mol. The van der Waals surface area contributed by atoms with Crippen LogP contribution in [0.1, 0.15) is 19.4 Å². The number of hydrogen-bond donors (Lipinski definition) is 0. The third kappa shape index (κ3) is 3.80. The fraction of sp³-hybridized carbons (Fsp3) is 0.333. The van der Waals surface area contributed by atoms with Crippen LogP contribution in [0.3, 0.4) is 0 Å². The van der Waals surface area contributed by atoms with Gasteiger partial charge in [-0.1, -0.05) is 30.4 Å². The molecule has 14 heavy (non-hydrogen) atoms. The van der Waals surface area contributed by atoms with Crippen molar-refractivity contribution in [2.24, 2.45) is 0 Å². The molecule has 1 atom stereocenters. The van der Waals surface area contributed by atoms with Crippen LogP contribution < -0.4 is 0 Å². The summed E-state index contributed by atoms with van der Waals surface area (Å²) in [4.78, 5) is 0. The van der Waals surface area contributed by atoms with E-state index in [4.69, 9.17) is 4.74 Å². The van der Waals surface area contributed by atoms with Crippen LogP contribution in [0, 0.1) is 3.57 Å². The Morgan fingerprint density at radius 2 is 2.14 bits per heavy atom. The van der Waals surface area contributed by atoms with E-state index in [1.54, 1.807) is 0 Å². The molecule has 1 aromatic rings.